The summed E-state index contributed by atoms with van der Waals surface area (Å²) in [5, 5.41) is 17.5. The quantitative estimate of drug-likeness (QED) is 0.911. The first-order valence-corrected chi connectivity index (χ1v) is 8.27. The Bertz CT molecular complexity index is 571. The molecule has 0 aliphatic carbocycles. The molecule has 7 heteroatoms. The number of hydrogen-bond donors (Lipinski definition) is 1. The number of aliphatic hydroxyl groups excluding tert-OH is 1. The average Bonchev–Trinajstić information content (AvgIpc) is 3.08. The molecule has 0 saturated carbocycles. The van der Waals surface area contributed by atoms with Crippen molar-refractivity contribution in [2.75, 3.05) is 19.7 Å². The van der Waals surface area contributed by atoms with Crippen molar-refractivity contribution in [1.29, 1.82) is 0 Å². The molecule has 0 spiro atoms. The normalized spacial score (nSPS) is 20.4. The van der Waals surface area contributed by atoms with Crippen LogP contribution in [0.15, 0.2) is 20.3 Å². The van der Waals surface area contributed by atoms with Gasteiger partial charge in [-0.2, -0.15) is 0 Å². The second-order valence-corrected chi connectivity index (χ2v) is 7.49. The number of aromatic nitrogens is 2. The fraction of sp³-hybridized carbons (Fsp3) is 0.538. The minimum atomic E-state index is 0.259. The van der Waals surface area contributed by atoms with Gasteiger partial charge in [-0.3, -0.25) is 4.90 Å². The molecule has 1 aliphatic heterocycles. The Hall–Kier alpha value is -0.760. The third-order valence-electron chi connectivity index (χ3n) is 3.47. The van der Waals surface area contributed by atoms with Crippen molar-refractivity contribution in [3.05, 3.63) is 21.8 Å². The van der Waals surface area contributed by atoms with Crippen LogP contribution >= 0.6 is 27.3 Å². The lowest BCUT2D eigenvalue weighted by atomic mass is 9.99. The zero-order valence-corrected chi connectivity index (χ0v) is 13.4. The van der Waals surface area contributed by atoms with Gasteiger partial charge >= 0.3 is 0 Å². The summed E-state index contributed by atoms with van der Waals surface area (Å²) in [6.07, 6.45) is 2.22. The zero-order chi connectivity index (χ0) is 13.9. The lowest BCUT2D eigenvalue weighted by Crippen LogP contribution is -2.36. The first-order chi connectivity index (χ1) is 9.74. The van der Waals surface area contributed by atoms with E-state index in [4.69, 9.17) is 4.42 Å². The van der Waals surface area contributed by atoms with Crippen LogP contribution in [0, 0.1) is 5.92 Å². The molecule has 1 saturated heterocycles. The van der Waals surface area contributed by atoms with Crippen molar-refractivity contribution in [1.82, 2.24) is 15.1 Å². The topological polar surface area (TPSA) is 62.4 Å². The van der Waals surface area contributed by atoms with E-state index in [-0.39, 0.29) is 6.61 Å². The number of thiophene rings is 1. The summed E-state index contributed by atoms with van der Waals surface area (Å²) in [4.78, 5) is 3.24. The van der Waals surface area contributed by atoms with Gasteiger partial charge < -0.3 is 9.52 Å². The molecule has 1 unspecified atom stereocenters. The maximum atomic E-state index is 9.25. The van der Waals surface area contributed by atoms with Gasteiger partial charge in [-0.25, -0.2) is 0 Å². The Morgan fingerprint density at radius 2 is 2.35 bits per heavy atom. The van der Waals surface area contributed by atoms with Crippen LogP contribution < -0.4 is 0 Å². The number of nitrogens with zero attached hydrogens (tertiary/aromatic N) is 3. The lowest BCUT2D eigenvalue weighted by Gasteiger charge is -2.30. The molecular weight excluding hydrogens is 342 g/mol. The summed E-state index contributed by atoms with van der Waals surface area (Å²) in [6.45, 7) is 2.85. The van der Waals surface area contributed by atoms with Crippen LogP contribution in [0.2, 0.25) is 0 Å². The van der Waals surface area contributed by atoms with E-state index >= 15 is 0 Å². The summed E-state index contributed by atoms with van der Waals surface area (Å²) >= 11 is 5.01. The number of halogens is 1. The molecule has 108 valence electrons. The summed E-state index contributed by atoms with van der Waals surface area (Å²) in [7, 11) is 0. The van der Waals surface area contributed by atoms with Gasteiger partial charge in [0.2, 0.25) is 5.89 Å². The molecule has 20 heavy (non-hydrogen) atoms. The standard InChI is InChI=1S/C13H16BrN3O2S/c14-11-4-3-10(20-11)13-16-15-12(19-13)7-17-5-1-2-9(6-17)8-18/h3-4,9,18H,1-2,5-8H2. The number of piperidine rings is 1. The van der Waals surface area contributed by atoms with E-state index in [9.17, 15) is 5.11 Å². The molecule has 3 heterocycles. The molecule has 1 N–H and O–H groups in total. The molecular formula is C13H16BrN3O2S. The van der Waals surface area contributed by atoms with Gasteiger partial charge in [-0.15, -0.1) is 21.5 Å². The van der Waals surface area contributed by atoms with Crippen LogP contribution in [0.5, 0.6) is 0 Å². The zero-order valence-electron chi connectivity index (χ0n) is 11.0. The molecule has 1 fully saturated rings. The molecule has 2 aromatic heterocycles. The van der Waals surface area contributed by atoms with E-state index in [0.717, 1.165) is 34.6 Å². The highest BCUT2D eigenvalue weighted by molar-refractivity contribution is 9.11. The average molecular weight is 358 g/mol. The maximum absolute atomic E-state index is 9.25. The van der Waals surface area contributed by atoms with Crippen LogP contribution in [0.3, 0.4) is 0 Å². The first-order valence-electron chi connectivity index (χ1n) is 6.66. The van der Waals surface area contributed by atoms with Crippen molar-refractivity contribution < 1.29 is 9.52 Å². The summed E-state index contributed by atoms with van der Waals surface area (Å²) in [5.41, 5.74) is 0. The maximum Gasteiger partial charge on any atom is 0.257 e. The molecule has 0 radical (unpaired) electrons. The van der Waals surface area contributed by atoms with Gasteiger partial charge in [0.1, 0.15) is 0 Å². The van der Waals surface area contributed by atoms with Crippen LogP contribution in [-0.2, 0) is 6.54 Å². The van der Waals surface area contributed by atoms with E-state index in [0.29, 0.717) is 24.2 Å². The minimum Gasteiger partial charge on any atom is -0.419 e. The lowest BCUT2D eigenvalue weighted by molar-refractivity contribution is 0.109. The summed E-state index contributed by atoms with van der Waals surface area (Å²) < 4.78 is 6.77. The number of hydrogen-bond acceptors (Lipinski definition) is 6. The predicted molar refractivity (Wildman–Crippen MR) is 80.4 cm³/mol. The third kappa shape index (κ3) is 3.28. The first kappa shape index (κ1) is 14.2. The van der Waals surface area contributed by atoms with Gasteiger partial charge in [0.25, 0.3) is 5.89 Å². The van der Waals surface area contributed by atoms with E-state index in [2.05, 4.69) is 31.0 Å². The van der Waals surface area contributed by atoms with Crippen molar-refractivity contribution in [2.24, 2.45) is 5.92 Å². The second-order valence-electron chi connectivity index (χ2n) is 5.03. The smallest absolute Gasteiger partial charge is 0.257 e. The number of aliphatic hydroxyl groups is 1. The van der Waals surface area contributed by atoms with Crippen molar-refractivity contribution in [2.45, 2.75) is 19.4 Å². The Morgan fingerprint density at radius 1 is 1.45 bits per heavy atom. The predicted octanol–water partition coefficient (Wildman–Crippen LogP) is 2.76. The summed E-state index contributed by atoms with van der Waals surface area (Å²) in [6, 6.07) is 3.94. The summed E-state index contributed by atoms with van der Waals surface area (Å²) in [5.74, 6) is 1.59. The SMILES string of the molecule is OCC1CCCN(Cc2nnc(-c3ccc(Br)s3)o2)C1. The fourth-order valence-corrected chi connectivity index (χ4v) is 3.79. The van der Waals surface area contributed by atoms with Crippen LogP contribution in [0.25, 0.3) is 10.8 Å². The van der Waals surface area contributed by atoms with E-state index in [1.165, 1.54) is 0 Å². The van der Waals surface area contributed by atoms with Crippen LogP contribution in [-0.4, -0.2) is 39.9 Å². The van der Waals surface area contributed by atoms with Crippen LogP contribution in [0.1, 0.15) is 18.7 Å². The van der Waals surface area contributed by atoms with Gasteiger partial charge in [-0.1, -0.05) is 0 Å². The van der Waals surface area contributed by atoms with Crippen LogP contribution in [0.4, 0.5) is 0 Å². The monoisotopic (exact) mass is 357 g/mol. The number of rotatable bonds is 4. The molecule has 2 aromatic rings. The Labute approximate surface area is 129 Å². The third-order valence-corrected chi connectivity index (χ3v) is 5.08. The van der Waals surface area contributed by atoms with Crippen molar-refractivity contribution in [3.8, 4) is 10.8 Å². The highest BCUT2D eigenvalue weighted by Gasteiger charge is 2.21. The molecule has 1 aliphatic rings. The van der Waals surface area contributed by atoms with E-state index in [1.807, 2.05) is 12.1 Å². The van der Waals surface area contributed by atoms with Gasteiger partial charge in [0.05, 0.1) is 15.2 Å². The minimum absolute atomic E-state index is 0.259. The number of likely N-dealkylation sites (tertiary alicyclic amines) is 1. The van der Waals surface area contributed by atoms with Crippen molar-refractivity contribution >= 4 is 27.3 Å². The van der Waals surface area contributed by atoms with Gasteiger partial charge in [0.15, 0.2) is 0 Å². The highest BCUT2D eigenvalue weighted by atomic mass is 79.9. The fourth-order valence-electron chi connectivity index (χ4n) is 2.48. The Kier molecular flexibility index (Phi) is 4.50. The molecule has 0 aromatic carbocycles. The molecule has 5 nitrogen and oxygen atoms in total. The largest absolute Gasteiger partial charge is 0.419 e. The molecule has 1 atom stereocenters. The van der Waals surface area contributed by atoms with Gasteiger partial charge in [0, 0.05) is 13.2 Å². The Morgan fingerprint density at radius 3 is 3.10 bits per heavy atom. The molecule has 0 bridgehead atoms. The van der Waals surface area contributed by atoms with E-state index in [1.54, 1.807) is 11.3 Å². The molecule has 3 rings (SSSR count). The van der Waals surface area contributed by atoms with E-state index < -0.39 is 0 Å². The second kappa shape index (κ2) is 6.34. The Balaban J connectivity index is 1.65. The van der Waals surface area contributed by atoms with Crippen molar-refractivity contribution in [3.63, 3.8) is 0 Å². The molecule has 0 amide bonds. The van der Waals surface area contributed by atoms with Gasteiger partial charge in [-0.05, 0) is 53.4 Å². The highest BCUT2D eigenvalue weighted by Crippen LogP contribution is 2.30.